The number of piperazine rings is 1. The first-order valence-electron chi connectivity index (χ1n) is 8.89. The molecule has 6 nitrogen and oxygen atoms in total. The average molecular weight is 424 g/mol. The lowest BCUT2D eigenvalue weighted by atomic mass is 10.2. The smallest absolute Gasteiger partial charge is 0.290 e. The molecule has 10 heteroatoms. The first-order valence-corrected chi connectivity index (χ1v) is 9.77. The molecule has 0 aliphatic carbocycles. The van der Waals surface area contributed by atoms with Gasteiger partial charge in [-0.2, -0.15) is 8.78 Å². The fourth-order valence-electron chi connectivity index (χ4n) is 2.98. The number of benzene rings is 1. The minimum atomic E-state index is -2.66. The normalized spacial score (nSPS) is 14.8. The molecule has 1 saturated heterocycles. The molecule has 154 valence electrons. The number of amides is 2. The average Bonchev–Trinajstić information content (AvgIpc) is 2.68. The number of anilines is 1. The molecule has 3 rings (SSSR count). The zero-order chi connectivity index (χ0) is 20.8. The number of carbonyl (C=O) groups is 2. The van der Waals surface area contributed by atoms with Gasteiger partial charge in [-0.1, -0.05) is 6.07 Å². The van der Waals surface area contributed by atoms with Crippen molar-refractivity contribution in [1.82, 2.24) is 14.8 Å². The van der Waals surface area contributed by atoms with Gasteiger partial charge in [0.1, 0.15) is 10.8 Å². The third-order valence-corrected chi connectivity index (χ3v) is 5.06. The fourth-order valence-corrected chi connectivity index (χ4v) is 3.55. The van der Waals surface area contributed by atoms with E-state index >= 15 is 0 Å². The van der Waals surface area contributed by atoms with Crippen molar-refractivity contribution in [3.63, 3.8) is 0 Å². The standard InChI is InChI=1S/C19H19F3N4O2S/c20-13-3-1-4-14(11-13)24-16(27)12-25-7-9-26(10-8-25)18(28)15-5-2-6-23-17(15)29-19(21)22/h1-6,11,19H,7-10,12H2,(H,24,27). The van der Waals surface area contributed by atoms with Crippen LogP contribution in [0.4, 0.5) is 18.9 Å². The topological polar surface area (TPSA) is 65.5 Å². The number of aromatic nitrogens is 1. The van der Waals surface area contributed by atoms with Crippen LogP contribution < -0.4 is 5.32 Å². The number of hydrogen-bond donors (Lipinski definition) is 1. The molecule has 2 aromatic rings. The van der Waals surface area contributed by atoms with Crippen LogP contribution >= 0.6 is 11.8 Å². The van der Waals surface area contributed by atoms with Gasteiger partial charge in [-0.05, 0) is 42.1 Å². The highest BCUT2D eigenvalue weighted by atomic mass is 32.2. The quantitative estimate of drug-likeness (QED) is 0.723. The van der Waals surface area contributed by atoms with Crippen molar-refractivity contribution in [3.8, 4) is 0 Å². The van der Waals surface area contributed by atoms with Crippen molar-refractivity contribution in [3.05, 3.63) is 54.0 Å². The third kappa shape index (κ3) is 5.94. The van der Waals surface area contributed by atoms with Crippen molar-refractivity contribution in [2.24, 2.45) is 0 Å². The van der Waals surface area contributed by atoms with E-state index in [1.165, 1.54) is 36.5 Å². The Labute approximate surface area is 170 Å². The van der Waals surface area contributed by atoms with E-state index in [1.54, 1.807) is 11.0 Å². The van der Waals surface area contributed by atoms with Crippen molar-refractivity contribution < 1.29 is 22.8 Å². The maximum Gasteiger partial charge on any atom is 0.290 e. The minimum absolute atomic E-state index is 0.00407. The molecule has 1 fully saturated rings. The Balaban J connectivity index is 1.53. The number of alkyl halides is 2. The second-order valence-corrected chi connectivity index (χ2v) is 7.34. The summed E-state index contributed by atoms with van der Waals surface area (Å²) in [5.74, 6) is -3.73. The van der Waals surface area contributed by atoms with Gasteiger partial charge < -0.3 is 10.2 Å². The highest BCUT2D eigenvalue weighted by molar-refractivity contribution is 7.99. The van der Waals surface area contributed by atoms with Crippen molar-refractivity contribution in [1.29, 1.82) is 0 Å². The molecule has 0 radical (unpaired) electrons. The zero-order valence-electron chi connectivity index (χ0n) is 15.4. The maximum atomic E-state index is 13.2. The van der Waals surface area contributed by atoms with E-state index in [4.69, 9.17) is 0 Å². The lowest BCUT2D eigenvalue weighted by molar-refractivity contribution is -0.117. The predicted molar refractivity (Wildman–Crippen MR) is 103 cm³/mol. The zero-order valence-corrected chi connectivity index (χ0v) is 16.2. The minimum Gasteiger partial charge on any atom is -0.336 e. The van der Waals surface area contributed by atoms with Crippen molar-refractivity contribution in [2.45, 2.75) is 10.8 Å². The third-order valence-electron chi connectivity index (χ3n) is 4.34. The summed E-state index contributed by atoms with van der Waals surface area (Å²) in [5, 5.41) is 2.64. The summed E-state index contributed by atoms with van der Waals surface area (Å²) in [7, 11) is 0. The molecule has 2 heterocycles. The number of pyridine rings is 1. The number of hydrogen-bond acceptors (Lipinski definition) is 5. The number of nitrogens with zero attached hydrogens (tertiary/aromatic N) is 3. The second-order valence-electron chi connectivity index (χ2n) is 6.36. The van der Waals surface area contributed by atoms with Gasteiger partial charge in [-0.15, -0.1) is 0 Å². The van der Waals surface area contributed by atoms with Crippen LogP contribution in [0.2, 0.25) is 0 Å². The lowest BCUT2D eigenvalue weighted by Gasteiger charge is -2.34. The van der Waals surface area contributed by atoms with Gasteiger partial charge in [0.2, 0.25) is 5.91 Å². The van der Waals surface area contributed by atoms with Gasteiger partial charge in [-0.3, -0.25) is 14.5 Å². The van der Waals surface area contributed by atoms with E-state index < -0.39 is 11.6 Å². The second kappa shape index (κ2) is 9.75. The van der Waals surface area contributed by atoms with Crippen LogP contribution in [0.25, 0.3) is 0 Å². The largest absolute Gasteiger partial charge is 0.336 e. The van der Waals surface area contributed by atoms with E-state index in [0.29, 0.717) is 31.9 Å². The molecule has 0 bridgehead atoms. The molecule has 1 aliphatic rings. The summed E-state index contributed by atoms with van der Waals surface area (Å²) in [5.41, 5.74) is 0.527. The summed E-state index contributed by atoms with van der Waals surface area (Å²) in [4.78, 5) is 32.2. The van der Waals surface area contributed by atoms with Gasteiger partial charge in [0.05, 0.1) is 12.1 Å². The Morgan fingerprint density at radius 1 is 1.14 bits per heavy atom. The Morgan fingerprint density at radius 2 is 1.90 bits per heavy atom. The first-order chi connectivity index (χ1) is 13.9. The van der Waals surface area contributed by atoms with Crippen LogP contribution in [0.15, 0.2) is 47.6 Å². The molecule has 29 heavy (non-hydrogen) atoms. The molecule has 0 saturated carbocycles. The van der Waals surface area contributed by atoms with Crippen LogP contribution in [-0.4, -0.2) is 65.1 Å². The molecular formula is C19H19F3N4O2S. The van der Waals surface area contributed by atoms with E-state index in [9.17, 15) is 22.8 Å². The first kappa shape index (κ1) is 21.1. The van der Waals surface area contributed by atoms with Gasteiger partial charge in [0.15, 0.2) is 0 Å². The highest BCUT2D eigenvalue weighted by Crippen LogP contribution is 2.27. The molecule has 0 spiro atoms. The molecule has 2 amide bonds. The van der Waals surface area contributed by atoms with Crippen LogP contribution in [0.3, 0.4) is 0 Å². The molecule has 0 unspecified atom stereocenters. The lowest BCUT2D eigenvalue weighted by Crippen LogP contribution is -2.50. The molecular weight excluding hydrogens is 405 g/mol. The fraction of sp³-hybridized carbons (Fsp3) is 0.316. The van der Waals surface area contributed by atoms with Crippen LogP contribution in [0, 0.1) is 5.82 Å². The SMILES string of the molecule is O=C(CN1CCN(C(=O)c2cccnc2SC(F)F)CC1)Nc1cccc(F)c1. The van der Waals surface area contributed by atoms with E-state index in [2.05, 4.69) is 10.3 Å². The van der Waals surface area contributed by atoms with Crippen molar-refractivity contribution in [2.75, 3.05) is 38.0 Å². The molecule has 1 N–H and O–H groups in total. The number of thioether (sulfide) groups is 1. The number of halogens is 3. The highest BCUT2D eigenvalue weighted by Gasteiger charge is 2.26. The van der Waals surface area contributed by atoms with Crippen molar-refractivity contribution >= 4 is 29.3 Å². The van der Waals surface area contributed by atoms with Gasteiger partial charge >= 0.3 is 0 Å². The van der Waals surface area contributed by atoms with E-state index in [0.717, 1.165) is 0 Å². The Kier molecular flexibility index (Phi) is 7.10. The number of carbonyl (C=O) groups excluding carboxylic acids is 2. The summed E-state index contributed by atoms with van der Waals surface area (Å²) < 4.78 is 38.6. The molecule has 0 atom stereocenters. The molecule has 1 aliphatic heterocycles. The number of rotatable bonds is 6. The van der Waals surface area contributed by atoms with E-state index in [1.807, 2.05) is 4.90 Å². The monoisotopic (exact) mass is 424 g/mol. The summed E-state index contributed by atoms with van der Waals surface area (Å²) in [6.45, 7) is 1.75. The summed E-state index contributed by atoms with van der Waals surface area (Å²) in [6, 6.07) is 8.65. The maximum absolute atomic E-state index is 13.2. The Hall–Kier alpha value is -2.59. The van der Waals surface area contributed by atoms with E-state index in [-0.39, 0.29) is 40.7 Å². The molecule has 1 aromatic carbocycles. The predicted octanol–water partition coefficient (Wildman–Crippen LogP) is 2.93. The van der Waals surface area contributed by atoms with Gasteiger partial charge in [0, 0.05) is 38.1 Å². The number of nitrogens with one attached hydrogen (secondary N) is 1. The van der Waals surface area contributed by atoms with Gasteiger partial charge in [0.25, 0.3) is 11.7 Å². The summed E-state index contributed by atoms with van der Waals surface area (Å²) >= 11 is 0.246. The Bertz CT molecular complexity index is 876. The molecule has 1 aromatic heterocycles. The van der Waals surface area contributed by atoms with Crippen LogP contribution in [0.1, 0.15) is 10.4 Å². The summed E-state index contributed by atoms with van der Waals surface area (Å²) in [6.07, 6.45) is 1.37. The van der Waals surface area contributed by atoms with Crippen LogP contribution in [-0.2, 0) is 4.79 Å². The van der Waals surface area contributed by atoms with Crippen LogP contribution in [0.5, 0.6) is 0 Å². The van der Waals surface area contributed by atoms with Gasteiger partial charge in [-0.25, -0.2) is 9.37 Å². The Morgan fingerprint density at radius 3 is 2.59 bits per heavy atom.